The summed E-state index contributed by atoms with van der Waals surface area (Å²) in [6.45, 7) is 2.83. The number of rotatable bonds is 4. The highest BCUT2D eigenvalue weighted by Crippen LogP contribution is 2.42. The van der Waals surface area contributed by atoms with E-state index in [0.717, 1.165) is 46.7 Å². The Morgan fingerprint density at radius 2 is 1.86 bits per heavy atom. The minimum absolute atomic E-state index is 0.0419. The average Bonchev–Trinajstić information content (AvgIpc) is 3.11. The maximum absolute atomic E-state index is 12.8. The van der Waals surface area contributed by atoms with Crippen LogP contribution >= 0.6 is 11.3 Å². The summed E-state index contributed by atoms with van der Waals surface area (Å²) < 4.78 is 5.87. The molecule has 0 spiro atoms. The van der Waals surface area contributed by atoms with E-state index in [0.29, 0.717) is 12.5 Å². The molecule has 0 bridgehead atoms. The molecule has 1 aliphatic heterocycles. The summed E-state index contributed by atoms with van der Waals surface area (Å²) in [5, 5.41) is 7.68. The van der Waals surface area contributed by atoms with Crippen LogP contribution in [0.4, 0.5) is 5.00 Å². The monoisotopic (exact) mass is 404 g/mol. The third-order valence-corrected chi connectivity index (χ3v) is 6.94. The second-order valence-electron chi connectivity index (χ2n) is 7.95. The van der Waals surface area contributed by atoms with Crippen LogP contribution in [-0.2, 0) is 19.4 Å². The molecule has 0 unspecified atom stereocenters. The Hall–Kier alpha value is -2.79. The minimum Gasteiger partial charge on any atom is -0.489 e. The lowest BCUT2D eigenvalue weighted by Gasteiger charge is -2.27. The smallest absolute Gasteiger partial charge is 0.256 e. The van der Waals surface area contributed by atoms with Crippen molar-refractivity contribution < 1.29 is 9.53 Å². The van der Waals surface area contributed by atoms with Crippen molar-refractivity contribution in [3.8, 4) is 5.75 Å². The normalized spacial score (nSPS) is 20.2. The second-order valence-corrected chi connectivity index (χ2v) is 9.06. The number of nitrogens with one attached hydrogen (secondary N) is 2. The maximum atomic E-state index is 12.8. The molecule has 2 atom stereocenters. The van der Waals surface area contributed by atoms with Crippen LogP contribution in [0, 0.1) is 5.92 Å². The Labute approximate surface area is 174 Å². The van der Waals surface area contributed by atoms with E-state index in [-0.39, 0.29) is 12.1 Å². The number of hydrogen-bond donors (Lipinski definition) is 2. The molecule has 2 aromatic carbocycles. The van der Waals surface area contributed by atoms with Crippen LogP contribution in [0.25, 0.3) is 0 Å². The van der Waals surface area contributed by atoms with Gasteiger partial charge in [0.2, 0.25) is 0 Å². The highest BCUT2D eigenvalue weighted by Gasteiger charge is 2.33. The maximum Gasteiger partial charge on any atom is 0.256 e. The number of benzene rings is 2. The predicted molar refractivity (Wildman–Crippen MR) is 117 cm³/mol. The first kappa shape index (κ1) is 18.3. The molecule has 29 heavy (non-hydrogen) atoms. The van der Waals surface area contributed by atoms with Gasteiger partial charge in [-0.15, -0.1) is 11.3 Å². The largest absolute Gasteiger partial charge is 0.489 e. The summed E-state index contributed by atoms with van der Waals surface area (Å²) in [5.74, 6) is 1.56. The number of fused-ring (bicyclic) bond motifs is 3. The number of hydrogen-bond acceptors (Lipinski definition) is 4. The minimum atomic E-state index is -0.212. The fourth-order valence-corrected chi connectivity index (χ4v) is 5.56. The van der Waals surface area contributed by atoms with Crippen LogP contribution in [0.3, 0.4) is 0 Å². The van der Waals surface area contributed by atoms with Gasteiger partial charge in [0, 0.05) is 4.88 Å². The zero-order chi connectivity index (χ0) is 19.8. The standard InChI is InChI=1S/C24H24N2O2S/c1-15-7-12-19-20(13-15)29-24-21(19)23(27)25-22(26-24)17-8-10-18(11-9-17)28-14-16-5-3-2-4-6-16/h2-6,8-11,15,22,26H,7,12-14H2,1H3,(H,25,27)/t15-,22-/m1/s1. The molecule has 5 rings (SSSR count). The van der Waals surface area contributed by atoms with Crippen LogP contribution in [0.2, 0.25) is 0 Å². The van der Waals surface area contributed by atoms with Gasteiger partial charge in [-0.3, -0.25) is 4.79 Å². The number of carbonyl (C=O) groups excluding carboxylic acids is 1. The molecule has 5 heteroatoms. The zero-order valence-electron chi connectivity index (χ0n) is 16.4. The highest BCUT2D eigenvalue weighted by molar-refractivity contribution is 7.16. The molecule has 2 heterocycles. The molecule has 148 valence electrons. The van der Waals surface area contributed by atoms with Gasteiger partial charge >= 0.3 is 0 Å². The summed E-state index contributed by atoms with van der Waals surface area (Å²) in [4.78, 5) is 14.2. The van der Waals surface area contributed by atoms with E-state index in [1.165, 1.54) is 10.4 Å². The predicted octanol–water partition coefficient (Wildman–Crippen LogP) is 5.31. The fraction of sp³-hybridized carbons (Fsp3) is 0.292. The zero-order valence-corrected chi connectivity index (χ0v) is 17.2. The third-order valence-electron chi connectivity index (χ3n) is 5.75. The highest BCUT2D eigenvalue weighted by atomic mass is 32.1. The summed E-state index contributed by atoms with van der Waals surface area (Å²) in [5.41, 5.74) is 4.30. The Bertz CT molecular complexity index is 1030. The van der Waals surface area contributed by atoms with Crippen LogP contribution < -0.4 is 15.4 Å². The molecule has 1 aliphatic carbocycles. The molecule has 3 aromatic rings. The van der Waals surface area contributed by atoms with Crippen molar-refractivity contribution in [1.82, 2.24) is 5.32 Å². The summed E-state index contributed by atoms with van der Waals surface area (Å²) in [7, 11) is 0. The lowest BCUT2D eigenvalue weighted by atomic mass is 9.88. The van der Waals surface area contributed by atoms with Gasteiger partial charge in [0.05, 0.1) is 5.56 Å². The Kier molecular flexibility index (Phi) is 4.76. The molecule has 2 aliphatic rings. The van der Waals surface area contributed by atoms with Crippen LogP contribution in [0.15, 0.2) is 54.6 Å². The Morgan fingerprint density at radius 1 is 1.07 bits per heavy atom. The third kappa shape index (κ3) is 3.62. The van der Waals surface area contributed by atoms with E-state index >= 15 is 0 Å². The lowest BCUT2D eigenvalue weighted by molar-refractivity contribution is 0.0935. The molecule has 1 aromatic heterocycles. The summed E-state index contributed by atoms with van der Waals surface area (Å²) in [6.07, 6.45) is 3.04. The van der Waals surface area contributed by atoms with Gasteiger partial charge in [-0.1, -0.05) is 49.4 Å². The molecule has 0 radical (unpaired) electrons. The quantitative estimate of drug-likeness (QED) is 0.620. The molecular weight excluding hydrogens is 380 g/mol. The number of amides is 1. The number of anilines is 1. The van der Waals surface area contributed by atoms with E-state index in [2.05, 4.69) is 29.7 Å². The number of thiophene rings is 1. The lowest BCUT2D eigenvalue weighted by Crippen LogP contribution is -2.38. The van der Waals surface area contributed by atoms with Gasteiger partial charge in [-0.25, -0.2) is 0 Å². The van der Waals surface area contributed by atoms with Gasteiger partial charge in [-0.2, -0.15) is 0 Å². The van der Waals surface area contributed by atoms with Crippen molar-refractivity contribution >= 4 is 22.2 Å². The van der Waals surface area contributed by atoms with Gasteiger partial charge < -0.3 is 15.4 Å². The molecule has 0 fully saturated rings. The van der Waals surface area contributed by atoms with Crippen LogP contribution in [0.5, 0.6) is 5.75 Å². The van der Waals surface area contributed by atoms with Crippen molar-refractivity contribution in [2.75, 3.05) is 5.32 Å². The SMILES string of the molecule is C[C@@H]1CCc2c(sc3c2C(=O)N[C@@H](c2ccc(OCc4ccccc4)cc2)N3)C1. The first-order chi connectivity index (χ1) is 14.2. The van der Waals surface area contributed by atoms with Crippen molar-refractivity contribution in [2.45, 2.75) is 39.0 Å². The Balaban J connectivity index is 1.30. The van der Waals surface area contributed by atoms with E-state index in [9.17, 15) is 4.79 Å². The van der Waals surface area contributed by atoms with Crippen molar-refractivity contribution in [2.24, 2.45) is 5.92 Å². The van der Waals surface area contributed by atoms with E-state index in [1.54, 1.807) is 11.3 Å². The number of carbonyl (C=O) groups is 1. The average molecular weight is 405 g/mol. The van der Waals surface area contributed by atoms with E-state index in [4.69, 9.17) is 4.74 Å². The van der Waals surface area contributed by atoms with Gasteiger partial charge in [0.25, 0.3) is 5.91 Å². The van der Waals surface area contributed by atoms with Crippen LogP contribution in [0.1, 0.15) is 51.4 Å². The summed E-state index contributed by atoms with van der Waals surface area (Å²) >= 11 is 1.76. The number of ether oxygens (including phenoxy) is 1. The fourth-order valence-electron chi connectivity index (χ4n) is 4.13. The molecule has 0 saturated carbocycles. The molecule has 2 N–H and O–H groups in total. The molecule has 0 saturated heterocycles. The van der Waals surface area contributed by atoms with E-state index < -0.39 is 0 Å². The van der Waals surface area contributed by atoms with Crippen molar-refractivity contribution in [3.63, 3.8) is 0 Å². The summed E-state index contributed by atoms with van der Waals surface area (Å²) in [6, 6.07) is 18.1. The first-order valence-corrected chi connectivity index (χ1v) is 11.0. The first-order valence-electron chi connectivity index (χ1n) is 10.2. The Morgan fingerprint density at radius 3 is 2.66 bits per heavy atom. The van der Waals surface area contributed by atoms with Crippen molar-refractivity contribution in [3.05, 3.63) is 81.7 Å². The van der Waals surface area contributed by atoms with Crippen molar-refractivity contribution in [1.29, 1.82) is 0 Å². The van der Waals surface area contributed by atoms with Crippen LogP contribution in [-0.4, -0.2) is 5.91 Å². The topological polar surface area (TPSA) is 50.4 Å². The second kappa shape index (κ2) is 7.56. The molecular formula is C24H24N2O2S. The molecule has 4 nitrogen and oxygen atoms in total. The van der Waals surface area contributed by atoms with Gasteiger partial charge in [0.15, 0.2) is 0 Å². The van der Waals surface area contributed by atoms with Gasteiger partial charge in [-0.05, 0) is 54.0 Å². The van der Waals surface area contributed by atoms with E-state index in [1.807, 2.05) is 42.5 Å². The molecule has 1 amide bonds. The van der Waals surface area contributed by atoms with Gasteiger partial charge in [0.1, 0.15) is 23.5 Å².